The van der Waals surface area contributed by atoms with Crippen LogP contribution in [0.1, 0.15) is 24.9 Å². The van der Waals surface area contributed by atoms with Gasteiger partial charge in [0.05, 0.1) is 23.6 Å². The van der Waals surface area contributed by atoms with E-state index < -0.39 is 0 Å². The molecule has 21 heavy (non-hydrogen) atoms. The number of hydrogen-bond donors (Lipinski definition) is 2. The Morgan fingerprint density at radius 2 is 2.19 bits per heavy atom. The number of nitrogens with one attached hydrogen (secondary N) is 1. The van der Waals surface area contributed by atoms with Crippen molar-refractivity contribution in [3.05, 3.63) is 22.2 Å². The maximum Gasteiger partial charge on any atom is 0.172 e. The van der Waals surface area contributed by atoms with E-state index in [-0.39, 0.29) is 11.8 Å². The van der Waals surface area contributed by atoms with Gasteiger partial charge in [0.25, 0.3) is 0 Å². The van der Waals surface area contributed by atoms with Gasteiger partial charge >= 0.3 is 0 Å². The molecule has 1 atom stereocenters. The highest BCUT2D eigenvalue weighted by Gasteiger charge is 2.24. The topological polar surface area (TPSA) is 68.5 Å². The molecular weight excluding hydrogens is 334 g/mol. The number of phenols is 1. The van der Waals surface area contributed by atoms with Gasteiger partial charge in [-0.1, -0.05) is 0 Å². The van der Waals surface area contributed by atoms with E-state index >= 15 is 0 Å². The Labute approximate surface area is 133 Å². The quantitative estimate of drug-likeness (QED) is 0.850. The summed E-state index contributed by atoms with van der Waals surface area (Å²) in [6, 6.07) is 6.01. The number of benzene rings is 1. The van der Waals surface area contributed by atoms with Crippen molar-refractivity contribution in [1.82, 2.24) is 10.2 Å². The van der Waals surface area contributed by atoms with Crippen LogP contribution < -0.4 is 10.1 Å². The van der Waals surface area contributed by atoms with Crippen LogP contribution in [0.3, 0.4) is 0 Å². The number of phenolic OH excluding ortho intramolecular Hbond substituents is 1. The molecule has 1 aliphatic rings. The molecule has 5 nitrogen and oxygen atoms in total. The number of ether oxygens (including phenoxy) is 1. The number of nitriles is 1. The Kier molecular flexibility index (Phi) is 5.85. The Bertz CT molecular complexity index is 524. The van der Waals surface area contributed by atoms with Crippen LogP contribution in [0.2, 0.25) is 0 Å². The van der Waals surface area contributed by atoms with Crippen LogP contribution in [0.4, 0.5) is 0 Å². The van der Waals surface area contributed by atoms with E-state index in [1.807, 2.05) is 19.1 Å². The average molecular weight is 354 g/mol. The number of hydrogen-bond acceptors (Lipinski definition) is 5. The van der Waals surface area contributed by atoms with E-state index in [9.17, 15) is 5.11 Å². The largest absolute Gasteiger partial charge is 0.503 e. The Balaban J connectivity index is 2.33. The molecule has 0 bridgehead atoms. The van der Waals surface area contributed by atoms with Gasteiger partial charge < -0.3 is 15.2 Å². The van der Waals surface area contributed by atoms with Crippen LogP contribution >= 0.6 is 15.9 Å². The number of piperazine rings is 1. The number of aromatic hydroxyl groups is 1. The lowest BCUT2D eigenvalue weighted by molar-refractivity contribution is 0.175. The zero-order valence-corrected chi connectivity index (χ0v) is 13.7. The number of nitrogens with zero attached hydrogens (tertiary/aromatic N) is 2. The Morgan fingerprint density at radius 1 is 1.48 bits per heavy atom. The molecule has 2 rings (SSSR count). The smallest absolute Gasteiger partial charge is 0.172 e. The maximum atomic E-state index is 10.0. The number of halogens is 1. The van der Waals surface area contributed by atoms with E-state index in [0.29, 0.717) is 23.2 Å². The Hall–Kier alpha value is -1.29. The Morgan fingerprint density at radius 3 is 2.81 bits per heavy atom. The molecule has 0 radical (unpaired) electrons. The third-order valence-electron chi connectivity index (χ3n) is 3.61. The molecule has 0 saturated carbocycles. The second kappa shape index (κ2) is 7.64. The minimum atomic E-state index is 0.0215. The highest BCUT2D eigenvalue weighted by molar-refractivity contribution is 9.10. The lowest BCUT2D eigenvalue weighted by Crippen LogP contribution is -2.45. The summed E-state index contributed by atoms with van der Waals surface area (Å²) < 4.78 is 6.08. The molecule has 1 aliphatic heterocycles. The second-order valence-corrected chi connectivity index (χ2v) is 5.80. The molecule has 1 fully saturated rings. The SMILES string of the molecule is CCOc1cc([C@H](CC#N)N2CCNCC2)cc(Br)c1O. The van der Waals surface area contributed by atoms with Crippen molar-refractivity contribution in [2.24, 2.45) is 0 Å². The van der Waals surface area contributed by atoms with Crippen molar-refractivity contribution in [3.8, 4) is 17.6 Å². The van der Waals surface area contributed by atoms with E-state index in [1.165, 1.54) is 0 Å². The lowest BCUT2D eigenvalue weighted by Gasteiger charge is -2.34. The summed E-state index contributed by atoms with van der Waals surface area (Å²) >= 11 is 3.37. The molecule has 2 N–H and O–H groups in total. The van der Waals surface area contributed by atoms with Crippen molar-refractivity contribution in [1.29, 1.82) is 5.26 Å². The zero-order valence-electron chi connectivity index (χ0n) is 12.1. The van der Waals surface area contributed by atoms with E-state index in [4.69, 9.17) is 10.00 Å². The lowest BCUT2D eigenvalue weighted by atomic mass is 10.0. The minimum absolute atomic E-state index is 0.0215. The first-order valence-corrected chi connectivity index (χ1v) is 7.93. The highest BCUT2D eigenvalue weighted by atomic mass is 79.9. The molecule has 1 aromatic carbocycles. The highest BCUT2D eigenvalue weighted by Crippen LogP contribution is 2.39. The van der Waals surface area contributed by atoms with E-state index in [2.05, 4.69) is 32.2 Å². The van der Waals surface area contributed by atoms with Crippen molar-refractivity contribution < 1.29 is 9.84 Å². The molecule has 114 valence electrons. The first-order valence-electron chi connectivity index (χ1n) is 7.14. The van der Waals surface area contributed by atoms with Gasteiger partial charge in [-0.3, -0.25) is 4.90 Å². The molecule has 1 saturated heterocycles. The number of rotatable bonds is 5. The van der Waals surface area contributed by atoms with Crippen LogP contribution in [0.15, 0.2) is 16.6 Å². The molecule has 0 spiro atoms. The monoisotopic (exact) mass is 353 g/mol. The van der Waals surface area contributed by atoms with Crippen LogP contribution in [0.5, 0.6) is 11.5 Å². The second-order valence-electron chi connectivity index (χ2n) is 4.95. The fraction of sp³-hybridized carbons (Fsp3) is 0.533. The fourth-order valence-electron chi connectivity index (χ4n) is 2.59. The molecule has 1 heterocycles. The van der Waals surface area contributed by atoms with Crippen LogP contribution in [-0.4, -0.2) is 42.8 Å². The summed E-state index contributed by atoms with van der Waals surface area (Å²) in [7, 11) is 0. The third-order valence-corrected chi connectivity index (χ3v) is 4.22. The van der Waals surface area contributed by atoms with Crippen LogP contribution in [0, 0.1) is 11.3 Å². The third kappa shape index (κ3) is 3.88. The zero-order chi connectivity index (χ0) is 15.2. The van der Waals surface area contributed by atoms with Crippen LogP contribution in [-0.2, 0) is 0 Å². The van der Waals surface area contributed by atoms with E-state index in [0.717, 1.165) is 31.7 Å². The normalized spacial score (nSPS) is 17.2. The average Bonchev–Trinajstić information content (AvgIpc) is 2.50. The molecule has 0 aromatic heterocycles. The molecule has 0 amide bonds. The van der Waals surface area contributed by atoms with Gasteiger partial charge in [-0.25, -0.2) is 0 Å². The van der Waals surface area contributed by atoms with Gasteiger partial charge in [0.2, 0.25) is 0 Å². The van der Waals surface area contributed by atoms with Crippen molar-refractivity contribution in [2.75, 3.05) is 32.8 Å². The van der Waals surface area contributed by atoms with Gasteiger partial charge in [-0.05, 0) is 40.5 Å². The van der Waals surface area contributed by atoms with Crippen molar-refractivity contribution in [3.63, 3.8) is 0 Å². The maximum absolute atomic E-state index is 10.0. The summed E-state index contributed by atoms with van der Waals surface area (Å²) in [5.41, 5.74) is 0.992. The molecule has 6 heteroatoms. The molecule has 1 aromatic rings. The first kappa shape index (κ1) is 16.1. The van der Waals surface area contributed by atoms with E-state index in [1.54, 1.807) is 0 Å². The van der Waals surface area contributed by atoms with Crippen LogP contribution in [0.25, 0.3) is 0 Å². The van der Waals surface area contributed by atoms with Gasteiger partial charge in [-0.2, -0.15) is 5.26 Å². The van der Waals surface area contributed by atoms with Gasteiger partial charge in [0.15, 0.2) is 11.5 Å². The summed E-state index contributed by atoms with van der Waals surface area (Å²) in [5, 5.41) is 22.5. The summed E-state index contributed by atoms with van der Waals surface area (Å²) in [6.07, 6.45) is 0.419. The standard InChI is InChI=1S/C15H20BrN3O2/c1-2-21-14-10-11(9-12(16)15(14)20)13(3-4-17)19-7-5-18-6-8-19/h9-10,13,18,20H,2-3,5-8H2,1H3/t13-/m0/s1. The predicted molar refractivity (Wildman–Crippen MR) is 84.4 cm³/mol. The summed E-state index contributed by atoms with van der Waals surface area (Å²) in [4.78, 5) is 2.30. The summed E-state index contributed by atoms with van der Waals surface area (Å²) in [6.45, 7) is 6.05. The molecule has 0 aliphatic carbocycles. The molecular formula is C15H20BrN3O2. The first-order chi connectivity index (χ1) is 10.2. The summed E-state index contributed by atoms with van der Waals surface area (Å²) in [5.74, 6) is 0.566. The minimum Gasteiger partial charge on any atom is -0.503 e. The predicted octanol–water partition coefficient (Wildman–Crippen LogP) is 2.41. The van der Waals surface area contributed by atoms with Crippen molar-refractivity contribution >= 4 is 15.9 Å². The van der Waals surface area contributed by atoms with Gasteiger partial charge in [0.1, 0.15) is 0 Å². The van der Waals surface area contributed by atoms with Crippen molar-refractivity contribution in [2.45, 2.75) is 19.4 Å². The fourth-order valence-corrected chi connectivity index (χ4v) is 3.05. The van der Waals surface area contributed by atoms with Gasteiger partial charge in [0, 0.05) is 32.2 Å². The molecule has 0 unspecified atom stereocenters. The van der Waals surface area contributed by atoms with Gasteiger partial charge in [-0.15, -0.1) is 0 Å².